The normalized spacial score (nSPS) is 23.0. The first kappa shape index (κ1) is 17.8. The first-order valence-corrected chi connectivity index (χ1v) is 9.38. The molecule has 2 amide bonds. The third-order valence-electron chi connectivity index (χ3n) is 5.32. The van der Waals surface area contributed by atoms with E-state index < -0.39 is 0 Å². The average molecular weight is 343 g/mol. The maximum atomic E-state index is 12.5. The standard InChI is InChI=1S/C20H29N3O2/c1-23(2)18-6-4-3-5-16(18)13-21-19(24)14-9-11-17(12-10-14)22-20(25)15-7-8-15/h3-6,14-15,17H,7-13H2,1-2H3,(H,21,24)(H,22,25). The van der Waals surface area contributed by atoms with Crippen LogP contribution in [0.3, 0.4) is 0 Å². The fourth-order valence-electron chi connectivity index (χ4n) is 3.59. The fourth-order valence-corrected chi connectivity index (χ4v) is 3.59. The number of amides is 2. The summed E-state index contributed by atoms with van der Waals surface area (Å²) >= 11 is 0. The van der Waals surface area contributed by atoms with Crippen LogP contribution in [0.25, 0.3) is 0 Å². The van der Waals surface area contributed by atoms with Gasteiger partial charge in [-0.2, -0.15) is 0 Å². The number of hydrogen-bond donors (Lipinski definition) is 2. The SMILES string of the molecule is CN(C)c1ccccc1CNC(=O)C1CCC(NC(=O)C2CC2)CC1. The van der Waals surface area contributed by atoms with E-state index in [9.17, 15) is 9.59 Å². The third kappa shape index (κ3) is 4.74. The molecule has 2 N–H and O–H groups in total. The van der Waals surface area contributed by atoms with Gasteiger partial charge in [0, 0.05) is 44.2 Å². The lowest BCUT2D eigenvalue weighted by Gasteiger charge is -2.28. The number of rotatable bonds is 6. The van der Waals surface area contributed by atoms with Crippen LogP contribution in [0.4, 0.5) is 5.69 Å². The predicted molar refractivity (Wildman–Crippen MR) is 99.2 cm³/mol. The molecule has 2 fully saturated rings. The molecule has 0 radical (unpaired) electrons. The molecule has 0 unspecified atom stereocenters. The Labute approximate surface area is 150 Å². The fraction of sp³-hybridized carbons (Fsp3) is 0.600. The molecule has 0 aromatic heterocycles. The second kappa shape index (κ2) is 7.89. The molecule has 0 heterocycles. The van der Waals surface area contributed by atoms with Crippen molar-refractivity contribution in [2.24, 2.45) is 11.8 Å². The van der Waals surface area contributed by atoms with Crippen molar-refractivity contribution in [2.75, 3.05) is 19.0 Å². The summed E-state index contributed by atoms with van der Waals surface area (Å²) in [6, 6.07) is 8.39. The zero-order valence-corrected chi connectivity index (χ0v) is 15.3. The van der Waals surface area contributed by atoms with Crippen molar-refractivity contribution < 1.29 is 9.59 Å². The minimum absolute atomic E-state index is 0.0700. The highest BCUT2D eigenvalue weighted by atomic mass is 16.2. The summed E-state index contributed by atoms with van der Waals surface area (Å²) in [6.45, 7) is 0.561. The molecule has 25 heavy (non-hydrogen) atoms. The molecule has 2 aliphatic carbocycles. The second-order valence-corrected chi connectivity index (χ2v) is 7.57. The molecule has 2 aliphatic rings. The van der Waals surface area contributed by atoms with E-state index in [1.165, 1.54) is 0 Å². The van der Waals surface area contributed by atoms with Crippen LogP contribution in [0.2, 0.25) is 0 Å². The lowest BCUT2D eigenvalue weighted by Crippen LogP contribution is -2.41. The van der Waals surface area contributed by atoms with Gasteiger partial charge in [-0.25, -0.2) is 0 Å². The van der Waals surface area contributed by atoms with E-state index in [0.29, 0.717) is 6.54 Å². The van der Waals surface area contributed by atoms with Gasteiger partial charge in [0.05, 0.1) is 0 Å². The Morgan fingerprint density at radius 3 is 2.20 bits per heavy atom. The van der Waals surface area contributed by atoms with Crippen molar-refractivity contribution >= 4 is 17.5 Å². The lowest BCUT2D eigenvalue weighted by atomic mass is 9.85. The van der Waals surface area contributed by atoms with E-state index >= 15 is 0 Å². The van der Waals surface area contributed by atoms with E-state index in [1.807, 2.05) is 26.2 Å². The van der Waals surface area contributed by atoms with Gasteiger partial charge in [0.1, 0.15) is 0 Å². The lowest BCUT2D eigenvalue weighted by molar-refractivity contribution is -0.126. The van der Waals surface area contributed by atoms with Gasteiger partial charge in [-0.15, -0.1) is 0 Å². The molecular formula is C20H29N3O2. The predicted octanol–water partition coefficient (Wildman–Crippen LogP) is 2.45. The number of carbonyl (C=O) groups excluding carboxylic acids is 2. The summed E-state index contributed by atoms with van der Waals surface area (Å²) in [7, 11) is 4.02. The van der Waals surface area contributed by atoms with Crippen LogP contribution in [0.15, 0.2) is 24.3 Å². The highest BCUT2D eigenvalue weighted by Crippen LogP contribution is 2.30. The van der Waals surface area contributed by atoms with Crippen molar-refractivity contribution in [2.45, 2.75) is 51.1 Å². The number of para-hydroxylation sites is 1. The number of hydrogen-bond acceptors (Lipinski definition) is 3. The van der Waals surface area contributed by atoms with Crippen molar-refractivity contribution in [3.05, 3.63) is 29.8 Å². The van der Waals surface area contributed by atoms with Crippen molar-refractivity contribution in [3.8, 4) is 0 Å². The quantitative estimate of drug-likeness (QED) is 0.834. The zero-order chi connectivity index (χ0) is 17.8. The molecule has 3 rings (SSSR count). The molecule has 136 valence electrons. The Morgan fingerprint density at radius 1 is 0.960 bits per heavy atom. The van der Waals surface area contributed by atoms with Crippen LogP contribution < -0.4 is 15.5 Å². The maximum Gasteiger partial charge on any atom is 0.223 e. The Hall–Kier alpha value is -2.04. The first-order valence-electron chi connectivity index (χ1n) is 9.38. The Morgan fingerprint density at radius 2 is 1.56 bits per heavy atom. The summed E-state index contributed by atoms with van der Waals surface area (Å²) in [5.41, 5.74) is 2.26. The first-order chi connectivity index (χ1) is 12.0. The number of nitrogens with one attached hydrogen (secondary N) is 2. The average Bonchev–Trinajstić information content (AvgIpc) is 3.45. The summed E-state index contributed by atoms with van der Waals surface area (Å²) in [5.74, 6) is 0.687. The Bertz CT molecular complexity index is 617. The van der Waals surface area contributed by atoms with Crippen molar-refractivity contribution in [1.82, 2.24) is 10.6 Å². The maximum absolute atomic E-state index is 12.5. The van der Waals surface area contributed by atoms with Crippen LogP contribution >= 0.6 is 0 Å². The molecule has 5 nitrogen and oxygen atoms in total. The van der Waals surface area contributed by atoms with Gasteiger partial charge in [-0.3, -0.25) is 9.59 Å². The molecule has 0 bridgehead atoms. The van der Waals surface area contributed by atoms with Crippen LogP contribution in [0, 0.1) is 11.8 Å². The zero-order valence-electron chi connectivity index (χ0n) is 15.3. The van der Waals surface area contributed by atoms with E-state index in [1.54, 1.807) is 0 Å². The Kier molecular flexibility index (Phi) is 5.61. The summed E-state index contributed by atoms with van der Waals surface area (Å²) in [6.07, 6.45) is 5.61. The van der Waals surface area contributed by atoms with Gasteiger partial charge in [0.15, 0.2) is 0 Å². The van der Waals surface area contributed by atoms with Crippen LogP contribution in [-0.2, 0) is 16.1 Å². The van der Waals surface area contributed by atoms with Gasteiger partial charge in [0.25, 0.3) is 0 Å². The molecular weight excluding hydrogens is 314 g/mol. The summed E-state index contributed by atoms with van der Waals surface area (Å²) < 4.78 is 0. The number of carbonyl (C=O) groups is 2. The van der Waals surface area contributed by atoms with Crippen molar-refractivity contribution in [1.29, 1.82) is 0 Å². The number of anilines is 1. The van der Waals surface area contributed by atoms with Gasteiger partial charge < -0.3 is 15.5 Å². The third-order valence-corrected chi connectivity index (χ3v) is 5.32. The molecule has 0 spiro atoms. The van der Waals surface area contributed by atoms with Gasteiger partial charge in [-0.05, 0) is 50.2 Å². The molecule has 0 atom stereocenters. The Balaban J connectivity index is 1.44. The molecule has 2 saturated carbocycles. The smallest absolute Gasteiger partial charge is 0.223 e. The number of benzene rings is 1. The van der Waals surface area contributed by atoms with Gasteiger partial charge in [0.2, 0.25) is 11.8 Å². The van der Waals surface area contributed by atoms with E-state index in [0.717, 1.165) is 49.8 Å². The van der Waals surface area contributed by atoms with E-state index in [-0.39, 0.29) is 29.7 Å². The molecule has 1 aromatic rings. The number of nitrogens with zero attached hydrogens (tertiary/aromatic N) is 1. The topological polar surface area (TPSA) is 61.4 Å². The molecule has 5 heteroatoms. The summed E-state index contributed by atoms with van der Waals surface area (Å²) in [5, 5.41) is 6.24. The van der Waals surface area contributed by atoms with Gasteiger partial charge >= 0.3 is 0 Å². The van der Waals surface area contributed by atoms with Crippen LogP contribution in [0.1, 0.15) is 44.1 Å². The second-order valence-electron chi connectivity index (χ2n) is 7.57. The minimum atomic E-state index is 0.0700. The molecule has 0 aliphatic heterocycles. The van der Waals surface area contributed by atoms with E-state index in [4.69, 9.17) is 0 Å². The van der Waals surface area contributed by atoms with Gasteiger partial charge in [-0.1, -0.05) is 18.2 Å². The van der Waals surface area contributed by atoms with Crippen LogP contribution in [-0.4, -0.2) is 32.0 Å². The van der Waals surface area contributed by atoms with E-state index in [2.05, 4.69) is 27.7 Å². The highest BCUT2D eigenvalue weighted by molar-refractivity contribution is 5.81. The monoisotopic (exact) mass is 343 g/mol. The van der Waals surface area contributed by atoms with Crippen LogP contribution in [0.5, 0.6) is 0 Å². The minimum Gasteiger partial charge on any atom is -0.377 e. The highest BCUT2D eigenvalue weighted by Gasteiger charge is 2.33. The largest absolute Gasteiger partial charge is 0.377 e. The summed E-state index contributed by atoms with van der Waals surface area (Å²) in [4.78, 5) is 26.4. The molecule has 0 saturated heterocycles. The molecule has 1 aromatic carbocycles. The van der Waals surface area contributed by atoms with Crippen molar-refractivity contribution in [3.63, 3.8) is 0 Å².